The Hall–Kier alpha value is -2.18. The van der Waals surface area contributed by atoms with Crippen molar-refractivity contribution in [2.24, 2.45) is 5.92 Å². The molecular formula is C15H12F3N3O. The van der Waals surface area contributed by atoms with E-state index in [2.05, 4.69) is 10.1 Å². The SMILES string of the molecule is O=C(c1nc2n(n1)[C@H](c1ccccc1)C[C@@H]2F)C1CC1(F)F. The van der Waals surface area contributed by atoms with Gasteiger partial charge in [0.05, 0.1) is 12.0 Å². The Morgan fingerprint density at radius 2 is 1.95 bits per heavy atom. The maximum Gasteiger partial charge on any atom is 0.259 e. The van der Waals surface area contributed by atoms with Gasteiger partial charge in [0, 0.05) is 12.8 Å². The second-order valence-corrected chi connectivity index (χ2v) is 5.75. The first-order valence-corrected chi connectivity index (χ1v) is 7.05. The molecule has 114 valence electrons. The molecule has 1 aliphatic carbocycles. The van der Waals surface area contributed by atoms with Crippen LogP contribution in [0.25, 0.3) is 0 Å². The van der Waals surface area contributed by atoms with Gasteiger partial charge in [-0.1, -0.05) is 30.3 Å². The van der Waals surface area contributed by atoms with E-state index in [1.807, 2.05) is 30.3 Å². The van der Waals surface area contributed by atoms with Gasteiger partial charge in [-0.2, -0.15) is 0 Å². The number of benzene rings is 1. The maximum atomic E-state index is 14.1. The monoisotopic (exact) mass is 307 g/mol. The maximum absolute atomic E-state index is 14.1. The summed E-state index contributed by atoms with van der Waals surface area (Å²) < 4.78 is 41.5. The lowest BCUT2D eigenvalue weighted by atomic mass is 10.0. The number of halogens is 3. The van der Waals surface area contributed by atoms with Gasteiger partial charge in [-0.25, -0.2) is 22.8 Å². The molecule has 2 aliphatic rings. The van der Waals surface area contributed by atoms with Crippen molar-refractivity contribution in [3.63, 3.8) is 0 Å². The van der Waals surface area contributed by atoms with Gasteiger partial charge in [0.1, 0.15) is 0 Å². The van der Waals surface area contributed by atoms with Crippen molar-refractivity contribution in [1.82, 2.24) is 14.8 Å². The highest BCUT2D eigenvalue weighted by molar-refractivity contribution is 5.97. The van der Waals surface area contributed by atoms with Crippen molar-refractivity contribution in [1.29, 1.82) is 0 Å². The van der Waals surface area contributed by atoms with Gasteiger partial charge in [0.15, 0.2) is 12.0 Å². The predicted octanol–water partition coefficient (Wildman–Crippen LogP) is 3.12. The van der Waals surface area contributed by atoms with Crippen LogP contribution in [0.15, 0.2) is 30.3 Å². The molecule has 7 heteroatoms. The molecule has 1 aliphatic heterocycles. The molecule has 3 atom stereocenters. The van der Waals surface area contributed by atoms with E-state index in [4.69, 9.17) is 0 Å². The molecule has 1 aromatic heterocycles. The summed E-state index contributed by atoms with van der Waals surface area (Å²) in [6.45, 7) is 0. The largest absolute Gasteiger partial charge is 0.290 e. The van der Waals surface area contributed by atoms with Crippen LogP contribution in [0.1, 0.15) is 47.1 Å². The Balaban J connectivity index is 1.68. The summed E-state index contributed by atoms with van der Waals surface area (Å²) in [6, 6.07) is 8.82. The van der Waals surface area contributed by atoms with Gasteiger partial charge in [0.25, 0.3) is 5.92 Å². The number of ketones is 1. The summed E-state index contributed by atoms with van der Waals surface area (Å²) in [4.78, 5) is 15.8. The lowest BCUT2D eigenvalue weighted by Crippen LogP contribution is -2.13. The van der Waals surface area contributed by atoms with Crippen LogP contribution in [-0.4, -0.2) is 26.5 Å². The van der Waals surface area contributed by atoms with Crippen LogP contribution in [0, 0.1) is 5.92 Å². The number of aromatic nitrogens is 3. The van der Waals surface area contributed by atoms with Crippen LogP contribution in [0.3, 0.4) is 0 Å². The van der Waals surface area contributed by atoms with Crippen LogP contribution >= 0.6 is 0 Å². The van der Waals surface area contributed by atoms with E-state index < -0.39 is 30.2 Å². The highest BCUT2D eigenvalue weighted by atomic mass is 19.3. The fourth-order valence-electron chi connectivity index (χ4n) is 2.89. The summed E-state index contributed by atoms with van der Waals surface area (Å²) >= 11 is 0. The van der Waals surface area contributed by atoms with Crippen molar-refractivity contribution >= 4 is 5.78 Å². The molecule has 1 unspecified atom stereocenters. The summed E-state index contributed by atoms with van der Waals surface area (Å²) in [5.74, 6) is -5.39. The Morgan fingerprint density at radius 1 is 1.27 bits per heavy atom. The molecule has 22 heavy (non-hydrogen) atoms. The molecule has 1 fully saturated rings. The third-order valence-corrected chi connectivity index (χ3v) is 4.21. The number of carbonyl (C=O) groups is 1. The van der Waals surface area contributed by atoms with Crippen molar-refractivity contribution in [3.8, 4) is 0 Å². The standard InChI is InChI=1S/C15H12F3N3O/c16-10-6-11(8-4-2-1-3-5-8)21-14(10)19-13(20-21)12(22)9-7-15(9,17)18/h1-5,9-11H,6-7H2/t9?,10-,11-/m0/s1. The molecule has 0 bridgehead atoms. The van der Waals surface area contributed by atoms with Gasteiger partial charge in [-0.3, -0.25) is 4.79 Å². The minimum Gasteiger partial charge on any atom is -0.290 e. The van der Waals surface area contributed by atoms with Gasteiger partial charge >= 0.3 is 0 Å². The fraction of sp³-hybridized carbons (Fsp3) is 0.400. The first kappa shape index (κ1) is 13.5. The lowest BCUT2D eigenvalue weighted by molar-refractivity contribution is 0.0748. The van der Waals surface area contributed by atoms with Crippen molar-refractivity contribution < 1.29 is 18.0 Å². The lowest BCUT2D eigenvalue weighted by Gasteiger charge is -2.11. The molecule has 0 amide bonds. The topological polar surface area (TPSA) is 47.8 Å². The highest BCUT2D eigenvalue weighted by Gasteiger charge is 2.62. The van der Waals surface area contributed by atoms with E-state index in [9.17, 15) is 18.0 Å². The average molecular weight is 307 g/mol. The van der Waals surface area contributed by atoms with Crippen LogP contribution < -0.4 is 0 Å². The zero-order chi connectivity index (χ0) is 15.5. The van der Waals surface area contributed by atoms with Gasteiger partial charge < -0.3 is 0 Å². The number of hydrogen-bond acceptors (Lipinski definition) is 3. The molecule has 0 spiro atoms. The quantitative estimate of drug-likeness (QED) is 0.819. The van der Waals surface area contributed by atoms with Crippen LogP contribution in [0.5, 0.6) is 0 Å². The number of alkyl halides is 3. The Kier molecular flexibility index (Phi) is 2.70. The molecule has 0 N–H and O–H groups in total. The van der Waals surface area contributed by atoms with E-state index in [1.54, 1.807) is 0 Å². The van der Waals surface area contributed by atoms with Crippen LogP contribution in [0.4, 0.5) is 13.2 Å². The number of Topliss-reactive ketones (excluding diaryl/α,β-unsaturated/α-hetero) is 1. The number of carbonyl (C=O) groups excluding carboxylic acids is 1. The van der Waals surface area contributed by atoms with Gasteiger partial charge in [-0.15, -0.1) is 5.10 Å². The minimum absolute atomic E-state index is 0.0427. The Labute approximate surface area is 124 Å². The first-order valence-electron chi connectivity index (χ1n) is 7.05. The second kappa shape index (κ2) is 4.41. The normalized spacial score (nSPS) is 28.4. The molecule has 4 rings (SSSR count). The van der Waals surface area contributed by atoms with E-state index in [0.29, 0.717) is 0 Å². The molecule has 1 aromatic carbocycles. The van der Waals surface area contributed by atoms with Gasteiger partial charge in [0.2, 0.25) is 11.6 Å². The zero-order valence-corrected chi connectivity index (χ0v) is 11.4. The van der Waals surface area contributed by atoms with Crippen molar-refractivity contribution in [2.75, 3.05) is 0 Å². The Morgan fingerprint density at radius 3 is 2.59 bits per heavy atom. The minimum atomic E-state index is -2.97. The zero-order valence-electron chi connectivity index (χ0n) is 11.4. The summed E-state index contributed by atoms with van der Waals surface area (Å²) in [6.07, 6.45) is -1.64. The third kappa shape index (κ3) is 1.95. The van der Waals surface area contributed by atoms with E-state index in [-0.39, 0.29) is 24.1 Å². The molecule has 0 radical (unpaired) electrons. The van der Waals surface area contributed by atoms with Crippen molar-refractivity contribution in [2.45, 2.75) is 31.0 Å². The van der Waals surface area contributed by atoms with E-state index in [0.717, 1.165) is 5.56 Å². The molecule has 2 heterocycles. The number of nitrogens with zero attached hydrogens (tertiary/aromatic N) is 3. The number of fused-ring (bicyclic) bond motifs is 1. The third-order valence-electron chi connectivity index (χ3n) is 4.21. The molecule has 2 aromatic rings. The highest BCUT2D eigenvalue weighted by Crippen LogP contribution is 2.50. The van der Waals surface area contributed by atoms with E-state index >= 15 is 0 Å². The van der Waals surface area contributed by atoms with Gasteiger partial charge in [-0.05, 0) is 5.56 Å². The summed E-state index contributed by atoms with van der Waals surface area (Å²) in [5, 5.41) is 4.01. The second-order valence-electron chi connectivity index (χ2n) is 5.75. The predicted molar refractivity (Wildman–Crippen MR) is 70.5 cm³/mol. The molecular weight excluding hydrogens is 295 g/mol. The summed E-state index contributed by atoms with van der Waals surface area (Å²) in [7, 11) is 0. The number of rotatable bonds is 3. The number of hydrogen-bond donors (Lipinski definition) is 0. The van der Waals surface area contributed by atoms with Crippen LogP contribution in [-0.2, 0) is 0 Å². The molecule has 0 saturated heterocycles. The first-order chi connectivity index (χ1) is 10.5. The smallest absolute Gasteiger partial charge is 0.259 e. The molecule has 4 nitrogen and oxygen atoms in total. The Bertz CT molecular complexity index is 744. The fourth-order valence-corrected chi connectivity index (χ4v) is 2.89. The molecule has 1 saturated carbocycles. The van der Waals surface area contributed by atoms with Crippen LogP contribution in [0.2, 0.25) is 0 Å². The average Bonchev–Trinajstić information content (AvgIpc) is 2.87. The summed E-state index contributed by atoms with van der Waals surface area (Å²) in [5.41, 5.74) is 0.851. The van der Waals surface area contributed by atoms with E-state index in [1.165, 1.54) is 4.68 Å². The van der Waals surface area contributed by atoms with Crippen molar-refractivity contribution in [3.05, 3.63) is 47.5 Å².